The molecule has 1 N–H and O–H groups in total. The van der Waals surface area contributed by atoms with E-state index < -0.39 is 0 Å². The molecule has 1 fully saturated rings. The lowest BCUT2D eigenvalue weighted by molar-refractivity contribution is 0.468. The first-order valence-electron chi connectivity index (χ1n) is 6.53. The highest BCUT2D eigenvalue weighted by atomic mass is 32.2. The molecule has 1 aromatic rings. The van der Waals surface area contributed by atoms with Crippen molar-refractivity contribution in [3.63, 3.8) is 0 Å². The van der Waals surface area contributed by atoms with E-state index in [-0.39, 0.29) is 5.82 Å². The molecule has 0 atom stereocenters. The predicted molar refractivity (Wildman–Crippen MR) is 74.5 cm³/mol. The summed E-state index contributed by atoms with van der Waals surface area (Å²) in [6.45, 7) is 1.90. The van der Waals surface area contributed by atoms with Crippen LogP contribution in [0.3, 0.4) is 0 Å². The average Bonchev–Trinajstić information content (AvgIpc) is 2.42. The summed E-state index contributed by atoms with van der Waals surface area (Å²) in [5.74, 6) is 0.0847. The zero-order valence-corrected chi connectivity index (χ0v) is 11.8. The van der Waals surface area contributed by atoms with E-state index in [0.717, 1.165) is 18.1 Å². The Kier molecular flexibility index (Phi) is 4.80. The summed E-state index contributed by atoms with van der Waals surface area (Å²) >= 11 is 1.94. The molecule has 1 heterocycles. The third-order valence-corrected chi connectivity index (χ3v) is 4.68. The van der Waals surface area contributed by atoms with Gasteiger partial charge in [-0.1, -0.05) is 6.92 Å². The van der Waals surface area contributed by atoms with E-state index in [9.17, 15) is 4.39 Å². The van der Waals surface area contributed by atoms with Gasteiger partial charge in [0.25, 0.3) is 0 Å². The van der Waals surface area contributed by atoms with E-state index in [1.54, 1.807) is 0 Å². The smallest absolute Gasteiger partial charge is 0.186 e. The summed E-state index contributed by atoms with van der Waals surface area (Å²) in [7, 11) is 0. The van der Waals surface area contributed by atoms with Crippen LogP contribution in [0.25, 0.3) is 0 Å². The van der Waals surface area contributed by atoms with Crippen LogP contribution in [0.5, 0.6) is 0 Å². The molecule has 0 radical (unpaired) electrons. The lowest BCUT2D eigenvalue weighted by Gasteiger charge is -2.28. The van der Waals surface area contributed by atoms with Gasteiger partial charge in [-0.15, -0.1) is 0 Å². The third kappa shape index (κ3) is 3.13. The van der Waals surface area contributed by atoms with Crippen molar-refractivity contribution in [3.8, 4) is 0 Å². The second-order valence-electron chi connectivity index (χ2n) is 4.69. The van der Waals surface area contributed by atoms with E-state index in [1.165, 1.54) is 19.2 Å². The van der Waals surface area contributed by atoms with Crippen molar-refractivity contribution in [1.29, 1.82) is 0 Å². The first kappa shape index (κ1) is 13.6. The van der Waals surface area contributed by atoms with E-state index in [4.69, 9.17) is 0 Å². The lowest BCUT2D eigenvalue weighted by Crippen LogP contribution is -2.28. The Hall–Kier alpha value is -0.840. The molecular formula is C13H20FN3S. The maximum absolute atomic E-state index is 14.0. The van der Waals surface area contributed by atoms with Crippen LogP contribution in [0.2, 0.25) is 0 Å². The molecule has 1 aliphatic carbocycles. The van der Waals surface area contributed by atoms with Crippen molar-refractivity contribution in [2.45, 2.75) is 50.3 Å². The van der Waals surface area contributed by atoms with E-state index in [1.807, 2.05) is 18.7 Å². The Bertz CT molecular complexity index is 392. The number of rotatable bonds is 4. The Balaban J connectivity index is 1.98. The third-order valence-electron chi connectivity index (χ3n) is 3.54. The second-order valence-corrected chi connectivity index (χ2v) is 5.83. The summed E-state index contributed by atoms with van der Waals surface area (Å²) < 4.78 is 14.0. The molecule has 0 saturated heterocycles. The summed E-state index contributed by atoms with van der Waals surface area (Å²) in [6, 6.07) is 0.350. The van der Waals surface area contributed by atoms with Gasteiger partial charge in [-0.3, -0.25) is 0 Å². The van der Waals surface area contributed by atoms with Crippen molar-refractivity contribution in [2.24, 2.45) is 0 Å². The number of aromatic nitrogens is 2. The molecule has 100 valence electrons. The topological polar surface area (TPSA) is 37.8 Å². The minimum Gasteiger partial charge on any atom is -0.365 e. The second kappa shape index (κ2) is 6.36. The van der Waals surface area contributed by atoms with Crippen LogP contribution in [0.15, 0.2) is 6.33 Å². The van der Waals surface area contributed by atoms with Gasteiger partial charge >= 0.3 is 0 Å². The molecule has 0 spiro atoms. The Morgan fingerprint density at radius 2 is 2.06 bits per heavy atom. The molecule has 1 aromatic heterocycles. The van der Waals surface area contributed by atoms with Crippen LogP contribution in [0.1, 0.15) is 38.3 Å². The maximum Gasteiger partial charge on any atom is 0.186 e. The molecular weight excluding hydrogens is 249 g/mol. The van der Waals surface area contributed by atoms with Gasteiger partial charge in [-0.25, -0.2) is 14.4 Å². The van der Waals surface area contributed by atoms with Crippen molar-refractivity contribution in [1.82, 2.24) is 9.97 Å². The van der Waals surface area contributed by atoms with Gasteiger partial charge in [0.1, 0.15) is 6.33 Å². The lowest BCUT2D eigenvalue weighted by atomic mass is 9.95. The first-order valence-corrected chi connectivity index (χ1v) is 7.82. The number of aryl methyl sites for hydroxylation is 1. The van der Waals surface area contributed by atoms with Crippen LogP contribution in [0.4, 0.5) is 10.2 Å². The number of nitrogens with one attached hydrogen (secondary N) is 1. The van der Waals surface area contributed by atoms with E-state index in [0.29, 0.717) is 24.0 Å². The Labute approximate surface area is 112 Å². The SMILES string of the molecule is CCc1ncnc(NC2CCC(SC)CC2)c1F. The van der Waals surface area contributed by atoms with Crippen molar-refractivity contribution in [3.05, 3.63) is 17.8 Å². The summed E-state index contributed by atoms with van der Waals surface area (Å²) in [6.07, 6.45) is 8.79. The zero-order valence-electron chi connectivity index (χ0n) is 10.9. The number of nitrogens with zero attached hydrogens (tertiary/aromatic N) is 2. The molecule has 0 bridgehead atoms. The minimum atomic E-state index is -0.285. The van der Waals surface area contributed by atoms with Crippen molar-refractivity contribution >= 4 is 17.6 Å². The minimum absolute atomic E-state index is 0.285. The van der Waals surface area contributed by atoms with Crippen LogP contribution >= 0.6 is 11.8 Å². The molecule has 0 aromatic carbocycles. The molecule has 1 aliphatic rings. The van der Waals surface area contributed by atoms with Gasteiger partial charge in [-0.05, 0) is 38.4 Å². The highest BCUT2D eigenvalue weighted by Crippen LogP contribution is 2.28. The summed E-state index contributed by atoms with van der Waals surface area (Å²) in [4.78, 5) is 7.96. The maximum atomic E-state index is 14.0. The van der Waals surface area contributed by atoms with Gasteiger partial charge in [0.05, 0.1) is 5.69 Å². The zero-order chi connectivity index (χ0) is 13.0. The fourth-order valence-electron chi connectivity index (χ4n) is 2.39. The van der Waals surface area contributed by atoms with Crippen LogP contribution in [-0.4, -0.2) is 27.5 Å². The van der Waals surface area contributed by atoms with Gasteiger partial charge in [0.2, 0.25) is 0 Å². The molecule has 1 saturated carbocycles. The van der Waals surface area contributed by atoms with Crippen molar-refractivity contribution in [2.75, 3.05) is 11.6 Å². The van der Waals surface area contributed by atoms with Gasteiger partial charge in [-0.2, -0.15) is 11.8 Å². The molecule has 18 heavy (non-hydrogen) atoms. The number of thioether (sulfide) groups is 1. The fraction of sp³-hybridized carbons (Fsp3) is 0.692. The van der Waals surface area contributed by atoms with Gasteiger partial charge in [0.15, 0.2) is 11.6 Å². The summed E-state index contributed by atoms with van der Waals surface area (Å²) in [5, 5.41) is 4.00. The molecule has 0 amide bonds. The normalized spacial score (nSPS) is 23.9. The van der Waals surface area contributed by atoms with E-state index in [2.05, 4.69) is 21.5 Å². The monoisotopic (exact) mass is 269 g/mol. The summed E-state index contributed by atoms with van der Waals surface area (Å²) in [5.41, 5.74) is 0.491. The standard InChI is InChI=1S/C13H20FN3S/c1-3-11-12(14)13(16-8-15-11)17-9-4-6-10(18-2)7-5-9/h8-10H,3-7H2,1-2H3,(H,15,16,17). The number of halogens is 1. The number of anilines is 1. The highest BCUT2D eigenvalue weighted by Gasteiger charge is 2.22. The largest absolute Gasteiger partial charge is 0.365 e. The number of hydrogen-bond donors (Lipinski definition) is 1. The quantitative estimate of drug-likeness (QED) is 0.910. The molecule has 0 aliphatic heterocycles. The molecule has 0 unspecified atom stereocenters. The fourth-order valence-corrected chi connectivity index (χ4v) is 3.13. The average molecular weight is 269 g/mol. The molecule has 5 heteroatoms. The van der Waals surface area contributed by atoms with Crippen LogP contribution in [0, 0.1) is 5.82 Å². The Morgan fingerprint density at radius 3 is 2.67 bits per heavy atom. The molecule has 2 rings (SSSR count). The van der Waals surface area contributed by atoms with Gasteiger partial charge < -0.3 is 5.32 Å². The number of hydrogen-bond acceptors (Lipinski definition) is 4. The highest BCUT2D eigenvalue weighted by molar-refractivity contribution is 7.99. The predicted octanol–water partition coefficient (Wildman–Crippen LogP) is 3.26. The Morgan fingerprint density at radius 1 is 1.33 bits per heavy atom. The first-order chi connectivity index (χ1) is 8.74. The van der Waals surface area contributed by atoms with Gasteiger partial charge in [0, 0.05) is 11.3 Å². The van der Waals surface area contributed by atoms with Crippen LogP contribution in [-0.2, 0) is 6.42 Å². The molecule has 3 nitrogen and oxygen atoms in total. The van der Waals surface area contributed by atoms with Crippen molar-refractivity contribution < 1.29 is 4.39 Å². The van der Waals surface area contributed by atoms with Crippen LogP contribution < -0.4 is 5.32 Å². The van der Waals surface area contributed by atoms with E-state index >= 15 is 0 Å².